The van der Waals surface area contributed by atoms with E-state index in [9.17, 15) is 4.79 Å². The normalized spacial score (nSPS) is 28.5. The van der Waals surface area contributed by atoms with E-state index in [1.807, 2.05) is 6.08 Å². The van der Waals surface area contributed by atoms with Gasteiger partial charge in [0.2, 0.25) is 0 Å². The molecule has 1 rings (SSSR count). The maximum Gasteiger partial charge on any atom is 0.133 e. The second kappa shape index (κ2) is 3.42. The van der Waals surface area contributed by atoms with Crippen LogP contribution in [0.1, 0.15) is 39.5 Å². The van der Waals surface area contributed by atoms with Crippen LogP contribution in [-0.4, -0.2) is 5.78 Å². The summed E-state index contributed by atoms with van der Waals surface area (Å²) in [4.78, 5) is 11.2. The smallest absolute Gasteiger partial charge is 0.133 e. The largest absolute Gasteiger partial charge is 0.300 e. The Balaban J connectivity index is 2.64. The van der Waals surface area contributed by atoms with Crippen LogP contribution in [0.5, 0.6) is 0 Å². The van der Waals surface area contributed by atoms with E-state index in [0.29, 0.717) is 17.1 Å². The molecule has 1 aliphatic carbocycles. The molecule has 1 saturated carbocycles. The Hall–Kier alpha value is -0.590. The molecular formula is C11H18O. The fraction of sp³-hybridized carbons (Fsp3) is 0.727. The van der Waals surface area contributed by atoms with Crippen LogP contribution >= 0.6 is 0 Å². The van der Waals surface area contributed by atoms with Gasteiger partial charge in [-0.05, 0) is 24.2 Å². The Kier molecular flexibility index (Phi) is 2.71. The van der Waals surface area contributed by atoms with Gasteiger partial charge in [0.15, 0.2) is 0 Å². The summed E-state index contributed by atoms with van der Waals surface area (Å²) < 4.78 is 0. The summed E-state index contributed by atoms with van der Waals surface area (Å²) in [6.07, 6.45) is 5.51. The summed E-state index contributed by atoms with van der Waals surface area (Å²) in [6.45, 7) is 8.25. The van der Waals surface area contributed by atoms with E-state index >= 15 is 0 Å². The van der Waals surface area contributed by atoms with Crippen LogP contribution < -0.4 is 0 Å². The lowest BCUT2D eigenvalue weighted by Crippen LogP contribution is -2.31. The third kappa shape index (κ3) is 1.96. The van der Waals surface area contributed by atoms with Crippen LogP contribution in [0.3, 0.4) is 0 Å². The summed E-state index contributed by atoms with van der Waals surface area (Å²) in [5, 5.41) is 0. The first-order chi connectivity index (χ1) is 5.56. The lowest BCUT2D eigenvalue weighted by Gasteiger charge is -2.37. The molecule has 1 heteroatoms. The van der Waals surface area contributed by atoms with E-state index in [1.54, 1.807) is 0 Å². The molecule has 1 fully saturated rings. The first-order valence-electron chi connectivity index (χ1n) is 4.69. The lowest BCUT2D eigenvalue weighted by molar-refractivity contribution is -0.124. The molecule has 0 saturated heterocycles. The van der Waals surface area contributed by atoms with E-state index in [2.05, 4.69) is 20.4 Å². The van der Waals surface area contributed by atoms with Crippen molar-refractivity contribution < 1.29 is 4.79 Å². The number of hydrogen-bond acceptors (Lipinski definition) is 1. The van der Waals surface area contributed by atoms with Gasteiger partial charge in [-0.25, -0.2) is 0 Å². The second-order valence-corrected chi connectivity index (χ2v) is 4.45. The number of carbonyl (C=O) groups excluding carboxylic acids is 1. The highest BCUT2D eigenvalue weighted by Crippen LogP contribution is 2.40. The molecule has 1 nitrogen and oxygen atoms in total. The van der Waals surface area contributed by atoms with Crippen molar-refractivity contribution in [2.45, 2.75) is 39.5 Å². The highest BCUT2D eigenvalue weighted by molar-refractivity contribution is 5.79. The van der Waals surface area contributed by atoms with E-state index in [4.69, 9.17) is 0 Å². The summed E-state index contributed by atoms with van der Waals surface area (Å²) in [5.41, 5.74) is 0.335. The lowest BCUT2D eigenvalue weighted by atomic mass is 9.67. The van der Waals surface area contributed by atoms with E-state index in [1.165, 1.54) is 0 Å². The molecule has 0 bridgehead atoms. The molecule has 1 unspecified atom stereocenters. The van der Waals surface area contributed by atoms with Gasteiger partial charge in [-0.3, -0.25) is 4.79 Å². The third-order valence-corrected chi connectivity index (χ3v) is 3.08. The number of hydrogen-bond donors (Lipinski definition) is 0. The Morgan fingerprint density at radius 3 is 2.92 bits per heavy atom. The highest BCUT2D eigenvalue weighted by Gasteiger charge is 2.34. The minimum atomic E-state index is 0.335. The summed E-state index contributed by atoms with van der Waals surface area (Å²) >= 11 is 0. The molecule has 0 aromatic rings. The zero-order valence-electron chi connectivity index (χ0n) is 8.10. The SMILES string of the molecule is C=CCC1CC(=O)CCC1(C)C. The van der Waals surface area contributed by atoms with Gasteiger partial charge in [0, 0.05) is 12.8 Å². The van der Waals surface area contributed by atoms with Crippen LogP contribution in [0, 0.1) is 11.3 Å². The Morgan fingerprint density at radius 2 is 2.33 bits per heavy atom. The quantitative estimate of drug-likeness (QED) is 0.576. The average Bonchev–Trinajstić information content (AvgIpc) is 1.98. The molecule has 68 valence electrons. The van der Waals surface area contributed by atoms with Crippen molar-refractivity contribution in [2.75, 3.05) is 0 Å². The third-order valence-electron chi connectivity index (χ3n) is 3.08. The molecule has 0 aromatic carbocycles. The molecular weight excluding hydrogens is 148 g/mol. The number of rotatable bonds is 2. The Labute approximate surface area is 74.9 Å². The first kappa shape index (κ1) is 9.50. The molecule has 0 heterocycles. The van der Waals surface area contributed by atoms with Crippen LogP contribution in [0.25, 0.3) is 0 Å². The van der Waals surface area contributed by atoms with Crippen LogP contribution in [0.2, 0.25) is 0 Å². The van der Waals surface area contributed by atoms with Gasteiger partial charge in [-0.15, -0.1) is 6.58 Å². The fourth-order valence-corrected chi connectivity index (χ4v) is 1.92. The molecule has 12 heavy (non-hydrogen) atoms. The minimum absolute atomic E-state index is 0.335. The van der Waals surface area contributed by atoms with E-state index in [0.717, 1.165) is 25.7 Å². The fourth-order valence-electron chi connectivity index (χ4n) is 1.92. The van der Waals surface area contributed by atoms with Crippen molar-refractivity contribution >= 4 is 5.78 Å². The molecule has 0 spiro atoms. The van der Waals surface area contributed by atoms with Gasteiger partial charge in [-0.2, -0.15) is 0 Å². The Morgan fingerprint density at radius 1 is 1.67 bits per heavy atom. The molecule has 1 atom stereocenters. The van der Waals surface area contributed by atoms with Crippen LogP contribution in [0.4, 0.5) is 0 Å². The van der Waals surface area contributed by atoms with Crippen molar-refractivity contribution in [3.05, 3.63) is 12.7 Å². The predicted octanol–water partition coefficient (Wildman–Crippen LogP) is 2.96. The van der Waals surface area contributed by atoms with Gasteiger partial charge in [0.25, 0.3) is 0 Å². The standard InChI is InChI=1S/C11H18O/c1-4-5-9-8-10(12)6-7-11(9,2)3/h4,9H,1,5-8H2,2-3H3. The van der Waals surface area contributed by atoms with Gasteiger partial charge >= 0.3 is 0 Å². The first-order valence-corrected chi connectivity index (χ1v) is 4.69. The molecule has 0 amide bonds. The summed E-state index contributed by atoms with van der Waals surface area (Å²) in [5.74, 6) is 0.956. The molecule has 0 aromatic heterocycles. The minimum Gasteiger partial charge on any atom is -0.300 e. The number of carbonyl (C=O) groups is 1. The van der Waals surface area contributed by atoms with Gasteiger partial charge in [0.1, 0.15) is 5.78 Å². The van der Waals surface area contributed by atoms with Crippen molar-refractivity contribution in [1.82, 2.24) is 0 Å². The highest BCUT2D eigenvalue weighted by atomic mass is 16.1. The maximum atomic E-state index is 11.2. The Bertz CT molecular complexity index is 191. The molecule has 0 radical (unpaired) electrons. The van der Waals surface area contributed by atoms with Crippen LogP contribution in [-0.2, 0) is 4.79 Å². The molecule has 1 aliphatic rings. The zero-order valence-corrected chi connectivity index (χ0v) is 8.10. The van der Waals surface area contributed by atoms with Crippen LogP contribution in [0.15, 0.2) is 12.7 Å². The maximum absolute atomic E-state index is 11.2. The molecule has 0 aliphatic heterocycles. The average molecular weight is 166 g/mol. The molecule has 0 N–H and O–H groups in total. The zero-order chi connectivity index (χ0) is 9.19. The second-order valence-electron chi connectivity index (χ2n) is 4.45. The number of ketones is 1. The van der Waals surface area contributed by atoms with Gasteiger partial charge in [-0.1, -0.05) is 19.9 Å². The topological polar surface area (TPSA) is 17.1 Å². The van der Waals surface area contributed by atoms with E-state index in [-0.39, 0.29) is 0 Å². The van der Waals surface area contributed by atoms with Crippen molar-refractivity contribution in [3.8, 4) is 0 Å². The van der Waals surface area contributed by atoms with Crippen molar-refractivity contribution in [2.24, 2.45) is 11.3 Å². The van der Waals surface area contributed by atoms with Crippen molar-refractivity contribution in [1.29, 1.82) is 0 Å². The number of allylic oxidation sites excluding steroid dienone is 1. The summed E-state index contributed by atoms with van der Waals surface area (Å²) in [6, 6.07) is 0. The predicted molar refractivity (Wildman–Crippen MR) is 50.9 cm³/mol. The number of Topliss-reactive ketones (excluding diaryl/α,β-unsaturated/α-hetero) is 1. The van der Waals surface area contributed by atoms with Crippen molar-refractivity contribution in [3.63, 3.8) is 0 Å². The monoisotopic (exact) mass is 166 g/mol. The van der Waals surface area contributed by atoms with Gasteiger partial charge < -0.3 is 0 Å². The van der Waals surface area contributed by atoms with Gasteiger partial charge in [0.05, 0.1) is 0 Å². The van der Waals surface area contributed by atoms with E-state index < -0.39 is 0 Å². The summed E-state index contributed by atoms with van der Waals surface area (Å²) in [7, 11) is 0.